The number of carboxylic acid groups (broad SMARTS) is 1. The van der Waals surface area contributed by atoms with Crippen molar-refractivity contribution < 1.29 is 19.4 Å². The summed E-state index contributed by atoms with van der Waals surface area (Å²) in [6, 6.07) is 7.85. The Morgan fingerprint density at radius 2 is 2.05 bits per heavy atom. The topological polar surface area (TPSA) is 75.6 Å². The number of hydrogen-bond acceptors (Lipinski definition) is 3. The number of carbonyl (C=O) groups excluding carboxylic acids is 1. The third-order valence-electron chi connectivity index (χ3n) is 3.39. The summed E-state index contributed by atoms with van der Waals surface area (Å²) in [4.78, 5) is 22.4. The quantitative estimate of drug-likeness (QED) is 0.810. The average Bonchev–Trinajstić information content (AvgIpc) is 2.93. The molecule has 1 saturated heterocycles. The molecule has 1 heterocycles. The van der Waals surface area contributed by atoms with Crippen molar-refractivity contribution in [3.63, 3.8) is 0 Å². The molecule has 5 heteroatoms. The van der Waals surface area contributed by atoms with E-state index in [1.807, 2.05) is 31.2 Å². The molecule has 2 rings (SSSR count). The second-order valence-corrected chi connectivity index (χ2v) is 5.15. The molecular formula is C16H19NO4. The first-order valence-corrected chi connectivity index (χ1v) is 6.95. The number of amides is 1. The van der Waals surface area contributed by atoms with E-state index in [0.29, 0.717) is 19.4 Å². The minimum absolute atomic E-state index is 0.210. The van der Waals surface area contributed by atoms with Crippen molar-refractivity contribution in [1.82, 2.24) is 5.32 Å². The lowest BCUT2D eigenvalue weighted by Gasteiger charge is -2.11. The number of nitrogens with one attached hydrogen (secondary N) is 1. The first kappa shape index (κ1) is 15.3. The van der Waals surface area contributed by atoms with Gasteiger partial charge in [-0.1, -0.05) is 29.8 Å². The van der Waals surface area contributed by atoms with Gasteiger partial charge in [0.2, 0.25) is 5.91 Å². The SMILES string of the molecule is Cc1ccc(/C=C/C(=O)NCC2CCC(C(=O)O)O2)cc1. The molecule has 5 nitrogen and oxygen atoms in total. The minimum atomic E-state index is -0.942. The molecule has 2 N–H and O–H groups in total. The molecular weight excluding hydrogens is 270 g/mol. The van der Waals surface area contributed by atoms with Gasteiger partial charge >= 0.3 is 5.97 Å². The van der Waals surface area contributed by atoms with Crippen LogP contribution in [-0.4, -0.2) is 35.7 Å². The monoisotopic (exact) mass is 289 g/mol. The van der Waals surface area contributed by atoms with Gasteiger partial charge < -0.3 is 15.2 Å². The van der Waals surface area contributed by atoms with Gasteiger partial charge in [-0.25, -0.2) is 4.79 Å². The molecule has 1 aromatic rings. The molecule has 0 bridgehead atoms. The van der Waals surface area contributed by atoms with Gasteiger partial charge in [-0.3, -0.25) is 4.79 Å². The highest BCUT2D eigenvalue weighted by Gasteiger charge is 2.30. The summed E-state index contributed by atoms with van der Waals surface area (Å²) in [6.07, 6.45) is 3.39. The lowest BCUT2D eigenvalue weighted by Crippen LogP contribution is -2.32. The molecule has 0 radical (unpaired) electrons. The second kappa shape index (κ2) is 7.04. The lowest BCUT2D eigenvalue weighted by molar-refractivity contribution is -0.149. The van der Waals surface area contributed by atoms with E-state index in [0.717, 1.165) is 5.56 Å². The summed E-state index contributed by atoms with van der Waals surface area (Å²) in [5.74, 6) is -1.15. The molecule has 0 aromatic heterocycles. The van der Waals surface area contributed by atoms with Crippen LogP contribution in [0.25, 0.3) is 6.08 Å². The maximum atomic E-state index is 11.7. The van der Waals surface area contributed by atoms with Crippen LogP contribution in [0.3, 0.4) is 0 Å². The van der Waals surface area contributed by atoms with Crippen molar-refractivity contribution in [2.24, 2.45) is 0 Å². The first-order chi connectivity index (χ1) is 10.0. The van der Waals surface area contributed by atoms with Crippen LogP contribution in [0.5, 0.6) is 0 Å². The summed E-state index contributed by atoms with van der Waals surface area (Å²) in [7, 11) is 0. The normalized spacial score (nSPS) is 21.6. The maximum absolute atomic E-state index is 11.7. The molecule has 21 heavy (non-hydrogen) atoms. The summed E-state index contributed by atoms with van der Waals surface area (Å²) in [6.45, 7) is 2.34. The molecule has 1 aliphatic heterocycles. The van der Waals surface area contributed by atoms with Gasteiger partial charge in [0.05, 0.1) is 6.10 Å². The van der Waals surface area contributed by atoms with Crippen molar-refractivity contribution in [2.75, 3.05) is 6.54 Å². The van der Waals surface area contributed by atoms with Crippen LogP contribution in [0.4, 0.5) is 0 Å². The lowest BCUT2D eigenvalue weighted by atomic mass is 10.1. The Bertz CT molecular complexity index is 536. The first-order valence-electron chi connectivity index (χ1n) is 6.95. The second-order valence-electron chi connectivity index (χ2n) is 5.15. The van der Waals surface area contributed by atoms with Crippen LogP contribution >= 0.6 is 0 Å². The third kappa shape index (κ3) is 4.72. The summed E-state index contributed by atoms with van der Waals surface area (Å²) >= 11 is 0. The van der Waals surface area contributed by atoms with Crippen LogP contribution < -0.4 is 5.32 Å². The van der Waals surface area contributed by atoms with Crippen molar-refractivity contribution in [3.8, 4) is 0 Å². The van der Waals surface area contributed by atoms with E-state index in [4.69, 9.17) is 9.84 Å². The molecule has 0 aliphatic carbocycles. The summed E-state index contributed by atoms with van der Waals surface area (Å²) < 4.78 is 5.31. The number of ether oxygens (including phenoxy) is 1. The van der Waals surface area contributed by atoms with Crippen molar-refractivity contribution in [3.05, 3.63) is 41.5 Å². The van der Waals surface area contributed by atoms with Crippen molar-refractivity contribution in [2.45, 2.75) is 32.0 Å². The summed E-state index contributed by atoms with van der Waals surface area (Å²) in [5.41, 5.74) is 2.13. The average molecular weight is 289 g/mol. The van der Waals surface area contributed by atoms with Gasteiger partial charge in [-0.15, -0.1) is 0 Å². The Labute approximate surface area is 123 Å². The smallest absolute Gasteiger partial charge is 0.332 e. The minimum Gasteiger partial charge on any atom is -0.479 e. The molecule has 1 aliphatic rings. The maximum Gasteiger partial charge on any atom is 0.332 e. The molecule has 0 spiro atoms. The van der Waals surface area contributed by atoms with Gasteiger partial charge in [-0.2, -0.15) is 0 Å². The summed E-state index contributed by atoms with van der Waals surface area (Å²) in [5, 5.41) is 11.5. The number of benzene rings is 1. The molecule has 2 unspecified atom stereocenters. The zero-order chi connectivity index (χ0) is 15.2. The fourth-order valence-electron chi connectivity index (χ4n) is 2.16. The van der Waals surface area contributed by atoms with Gasteiger partial charge in [0, 0.05) is 12.6 Å². The van der Waals surface area contributed by atoms with Gasteiger partial charge in [0.25, 0.3) is 0 Å². The van der Waals surface area contributed by atoms with Gasteiger partial charge in [0.15, 0.2) is 6.10 Å². The Morgan fingerprint density at radius 1 is 1.33 bits per heavy atom. The van der Waals surface area contributed by atoms with E-state index in [2.05, 4.69) is 5.32 Å². The molecule has 2 atom stereocenters. The fourth-order valence-corrected chi connectivity index (χ4v) is 2.16. The molecule has 1 fully saturated rings. The number of carbonyl (C=O) groups is 2. The highest BCUT2D eigenvalue weighted by Crippen LogP contribution is 2.19. The Balaban J connectivity index is 1.75. The van der Waals surface area contributed by atoms with E-state index >= 15 is 0 Å². The van der Waals surface area contributed by atoms with Crippen LogP contribution in [0, 0.1) is 6.92 Å². The number of rotatable bonds is 5. The largest absolute Gasteiger partial charge is 0.479 e. The van der Waals surface area contributed by atoms with E-state index in [9.17, 15) is 9.59 Å². The predicted molar refractivity (Wildman–Crippen MR) is 78.8 cm³/mol. The molecule has 112 valence electrons. The fraction of sp³-hybridized carbons (Fsp3) is 0.375. The highest BCUT2D eigenvalue weighted by atomic mass is 16.5. The van der Waals surface area contributed by atoms with Crippen molar-refractivity contribution in [1.29, 1.82) is 0 Å². The Morgan fingerprint density at radius 3 is 2.67 bits per heavy atom. The number of hydrogen-bond donors (Lipinski definition) is 2. The van der Waals surface area contributed by atoms with Crippen LogP contribution in [0.15, 0.2) is 30.3 Å². The van der Waals surface area contributed by atoms with Crippen molar-refractivity contribution >= 4 is 18.0 Å². The van der Waals surface area contributed by atoms with E-state index in [-0.39, 0.29) is 12.0 Å². The molecule has 0 saturated carbocycles. The van der Waals surface area contributed by atoms with E-state index < -0.39 is 12.1 Å². The Kier molecular flexibility index (Phi) is 5.11. The van der Waals surface area contributed by atoms with Gasteiger partial charge in [-0.05, 0) is 31.4 Å². The highest BCUT2D eigenvalue weighted by molar-refractivity contribution is 5.91. The molecule has 1 aromatic carbocycles. The number of aliphatic carboxylic acids is 1. The predicted octanol–water partition coefficient (Wildman–Crippen LogP) is 1.76. The van der Waals surface area contributed by atoms with Gasteiger partial charge in [0.1, 0.15) is 0 Å². The zero-order valence-corrected chi connectivity index (χ0v) is 11.9. The zero-order valence-electron chi connectivity index (χ0n) is 11.9. The molecule has 1 amide bonds. The van der Waals surface area contributed by atoms with Crippen LogP contribution in [0.1, 0.15) is 24.0 Å². The standard InChI is InChI=1S/C16H19NO4/c1-11-2-4-12(5-3-11)6-9-15(18)17-10-13-7-8-14(21-13)16(19)20/h2-6,9,13-14H,7-8,10H2,1H3,(H,17,18)(H,19,20)/b9-6+. The number of carboxylic acids is 1. The van der Waals surface area contributed by atoms with E-state index in [1.165, 1.54) is 11.6 Å². The number of aryl methyl sites for hydroxylation is 1. The van der Waals surface area contributed by atoms with Crippen LogP contribution in [-0.2, 0) is 14.3 Å². The van der Waals surface area contributed by atoms with Crippen LogP contribution in [0.2, 0.25) is 0 Å². The Hall–Kier alpha value is -2.14. The van der Waals surface area contributed by atoms with E-state index in [1.54, 1.807) is 6.08 Å². The third-order valence-corrected chi connectivity index (χ3v) is 3.39.